The molecule has 138 valence electrons. The lowest BCUT2D eigenvalue weighted by Crippen LogP contribution is -2.15. The van der Waals surface area contributed by atoms with E-state index in [-0.39, 0.29) is 0 Å². The summed E-state index contributed by atoms with van der Waals surface area (Å²) < 4.78 is 6.21. The van der Waals surface area contributed by atoms with Crippen LogP contribution in [0.1, 0.15) is 62.9 Å². The number of furan rings is 1. The van der Waals surface area contributed by atoms with Crippen molar-refractivity contribution in [1.82, 2.24) is 10.3 Å². The number of nitrogens with one attached hydrogen (secondary N) is 1. The van der Waals surface area contributed by atoms with E-state index in [9.17, 15) is 0 Å². The van der Waals surface area contributed by atoms with Crippen LogP contribution in [0, 0.1) is 6.92 Å². The van der Waals surface area contributed by atoms with Crippen molar-refractivity contribution in [3.8, 4) is 11.3 Å². The second-order valence-corrected chi connectivity index (χ2v) is 6.71. The van der Waals surface area contributed by atoms with Crippen molar-refractivity contribution in [3.05, 3.63) is 53.3 Å². The fourth-order valence-electron chi connectivity index (χ4n) is 3.80. The van der Waals surface area contributed by atoms with Crippen LogP contribution in [0.25, 0.3) is 22.3 Å². The molecule has 1 aliphatic heterocycles. The molecule has 1 saturated heterocycles. The summed E-state index contributed by atoms with van der Waals surface area (Å²) in [5, 5.41) is 4.77. The second kappa shape index (κ2) is 8.50. The second-order valence-electron chi connectivity index (χ2n) is 6.71. The third-order valence-corrected chi connectivity index (χ3v) is 5.05. The van der Waals surface area contributed by atoms with Gasteiger partial charge in [-0.05, 0) is 56.0 Å². The van der Waals surface area contributed by atoms with Crippen LogP contribution in [0.4, 0.5) is 0 Å². The number of aromatic nitrogens is 1. The van der Waals surface area contributed by atoms with Crippen molar-refractivity contribution in [2.24, 2.45) is 0 Å². The Balaban J connectivity index is 0.000000948. The summed E-state index contributed by atoms with van der Waals surface area (Å²) in [6.07, 6.45) is 6.58. The van der Waals surface area contributed by atoms with Gasteiger partial charge >= 0.3 is 0 Å². The highest BCUT2D eigenvalue weighted by molar-refractivity contribution is 5.84. The Kier molecular flexibility index (Phi) is 6.10. The largest absolute Gasteiger partial charge is 0.456 e. The highest BCUT2D eigenvalue weighted by atomic mass is 16.3. The average Bonchev–Trinajstić information content (AvgIpc) is 3.34. The van der Waals surface area contributed by atoms with Crippen LogP contribution in [-0.2, 0) is 6.42 Å². The van der Waals surface area contributed by atoms with Crippen molar-refractivity contribution in [3.63, 3.8) is 0 Å². The van der Waals surface area contributed by atoms with Crippen LogP contribution in [-0.4, -0.2) is 11.5 Å². The monoisotopic (exact) mass is 350 g/mol. The van der Waals surface area contributed by atoms with Gasteiger partial charge in [0.1, 0.15) is 11.3 Å². The van der Waals surface area contributed by atoms with Gasteiger partial charge < -0.3 is 9.73 Å². The first-order valence-electron chi connectivity index (χ1n) is 9.98. The van der Waals surface area contributed by atoms with Crippen LogP contribution < -0.4 is 5.32 Å². The van der Waals surface area contributed by atoms with E-state index in [4.69, 9.17) is 9.40 Å². The molecular weight excluding hydrogens is 320 g/mol. The zero-order valence-electron chi connectivity index (χ0n) is 16.4. The summed E-state index contributed by atoms with van der Waals surface area (Å²) >= 11 is 0. The summed E-state index contributed by atoms with van der Waals surface area (Å²) in [6, 6.07) is 10.8. The first-order valence-corrected chi connectivity index (χ1v) is 9.98. The molecule has 3 nitrogen and oxygen atoms in total. The lowest BCUT2D eigenvalue weighted by molar-refractivity contribution is 0.615. The average molecular weight is 351 g/mol. The Bertz CT molecular complexity index is 827. The van der Waals surface area contributed by atoms with Crippen molar-refractivity contribution in [2.45, 2.75) is 59.4 Å². The summed E-state index contributed by atoms with van der Waals surface area (Å²) in [7, 11) is 0. The highest BCUT2D eigenvalue weighted by Crippen LogP contribution is 2.38. The molecule has 0 saturated carbocycles. The zero-order chi connectivity index (χ0) is 18.5. The number of aryl methyl sites for hydroxylation is 1. The number of rotatable bonds is 4. The molecule has 0 bridgehead atoms. The topological polar surface area (TPSA) is 38.1 Å². The molecule has 3 heterocycles. The van der Waals surface area contributed by atoms with E-state index in [0.717, 1.165) is 36.1 Å². The van der Waals surface area contributed by atoms with Crippen LogP contribution in [0.3, 0.4) is 0 Å². The molecule has 1 N–H and O–H groups in total. The maximum Gasteiger partial charge on any atom is 0.136 e. The van der Waals surface area contributed by atoms with Gasteiger partial charge in [-0.15, -0.1) is 0 Å². The number of para-hydroxylation sites is 1. The fourth-order valence-corrected chi connectivity index (χ4v) is 3.80. The van der Waals surface area contributed by atoms with Gasteiger partial charge in [-0.25, -0.2) is 0 Å². The molecular formula is C23H30N2O. The van der Waals surface area contributed by atoms with Crippen LogP contribution in [0.5, 0.6) is 0 Å². The first kappa shape index (κ1) is 18.7. The van der Waals surface area contributed by atoms with Crippen LogP contribution in [0.2, 0.25) is 0 Å². The maximum atomic E-state index is 6.21. The van der Waals surface area contributed by atoms with Crippen molar-refractivity contribution >= 4 is 11.0 Å². The Morgan fingerprint density at radius 3 is 2.73 bits per heavy atom. The molecule has 1 aliphatic rings. The van der Waals surface area contributed by atoms with E-state index in [2.05, 4.69) is 43.6 Å². The van der Waals surface area contributed by atoms with E-state index in [1.54, 1.807) is 0 Å². The number of hydrogen-bond acceptors (Lipinski definition) is 3. The summed E-state index contributed by atoms with van der Waals surface area (Å²) in [5.41, 5.74) is 5.93. The quantitative estimate of drug-likeness (QED) is 0.608. The molecule has 0 amide bonds. The molecule has 1 aromatic carbocycles. The number of pyridine rings is 1. The first-order chi connectivity index (χ1) is 12.8. The molecule has 4 rings (SSSR count). The Morgan fingerprint density at radius 1 is 1.23 bits per heavy atom. The normalized spacial score (nSPS) is 16.5. The zero-order valence-corrected chi connectivity index (χ0v) is 16.4. The van der Waals surface area contributed by atoms with E-state index in [1.165, 1.54) is 35.2 Å². The molecule has 3 heteroatoms. The number of fused-ring (bicyclic) bond motifs is 1. The Hall–Kier alpha value is -2.13. The van der Waals surface area contributed by atoms with Crippen molar-refractivity contribution in [1.29, 1.82) is 0 Å². The van der Waals surface area contributed by atoms with Gasteiger partial charge in [0.05, 0.1) is 0 Å². The molecule has 0 aliphatic carbocycles. The van der Waals surface area contributed by atoms with Gasteiger partial charge in [0.15, 0.2) is 0 Å². The molecule has 1 atom stereocenters. The van der Waals surface area contributed by atoms with E-state index >= 15 is 0 Å². The maximum absolute atomic E-state index is 6.21. The van der Waals surface area contributed by atoms with Crippen molar-refractivity contribution in [2.75, 3.05) is 6.54 Å². The molecule has 3 aromatic rings. The van der Waals surface area contributed by atoms with Gasteiger partial charge in [0.25, 0.3) is 0 Å². The summed E-state index contributed by atoms with van der Waals surface area (Å²) in [5.74, 6) is 0.970. The molecule has 1 fully saturated rings. The van der Waals surface area contributed by atoms with E-state index in [1.807, 2.05) is 26.0 Å². The van der Waals surface area contributed by atoms with E-state index < -0.39 is 0 Å². The predicted molar refractivity (Wildman–Crippen MR) is 110 cm³/mol. The van der Waals surface area contributed by atoms with Crippen molar-refractivity contribution < 1.29 is 4.42 Å². The third-order valence-electron chi connectivity index (χ3n) is 5.05. The van der Waals surface area contributed by atoms with Crippen LogP contribution >= 0.6 is 0 Å². The van der Waals surface area contributed by atoms with Crippen LogP contribution in [0.15, 0.2) is 40.9 Å². The number of benzene rings is 1. The predicted octanol–water partition coefficient (Wildman–Crippen LogP) is 6.21. The summed E-state index contributed by atoms with van der Waals surface area (Å²) in [4.78, 5) is 4.77. The SMILES string of the molecule is CC.CCCc1ncc([C@@H]2CCCN2)c(-c2cc3ccccc3o2)c1C. The number of nitrogens with zero attached hydrogens (tertiary/aromatic N) is 1. The van der Waals surface area contributed by atoms with Gasteiger partial charge in [-0.3, -0.25) is 4.98 Å². The minimum atomic E-state index is 0.384. The Morgan fingerprint density at radius 2 is 2.04 bits per heavy atom. The van der Waals surface area contributed by atoms with Gasteiger partial charge in [0.2, 0.25) is 0 Å². The lowest BCUT2D eigenvalue weighted by Gasteiger charge is -2.18. The van der Waals surface area contributed by atoms with E-state index in [0.29, 0.717) is 6.04 Å². The highest BCUT2D eigenvalue weighted by Gasteiger charge is 2.24. The smallest absolute Gasteiger partial charge is 0.136 e. The van der Waals surface area contributed by atoms with Gasteiger partial charge in [-0.2, -0.15) is 0 Å². The standard InChI is InChI=1S/C21H24N2O.C2H6/c1-3-7-17-14(2)21(16(13-23-17)18-9-6-11-22-18)20-12-15-8-4-5-10-19(15)24-20;1-2/h4-5,8,10,12-13,18,22H,3,6-7,9,11H2,1-2H3;1-2H3/t18-;/m0./s1. The minimum absolute atomic E-state index is 0.384. The third kappa shape index (κ3) is 3.54. The molecule has 2 aromatic heterocycles. The minimum Gasteiger partial charge on any atom is -0.456 e. The fraction of sp³-hybridized carbons (Fsp3) is 0.435. The molecule has 26 heavy (non-hydrogen) atoms. The van der Waals surface area contributed by atoms with Gasteiger partial charge in [0, 0.05) is 28.9 Å². The summed E-state index contributed by atoms with van der Waals surface area (Å²) in [6.45, 7) is 9.48. The Labute approximate surface area is 156 Å². The molecule has 0 radical (unpaired) electrons. The lowest BCUT2D eigenvalue weighted by atomic mass is 9.93. The molecule has 0 spiro atoms. The molecule has 0 unspecified atom stereocenters. The number of hydrogen-bond donors (Lipinski definition) is 1. The van der Waals surface area contributed by atoms with Gasteiger partial charge in [-0.1, -0.05) is 45.4 Å².